The second-order valence-electron chi connectivity index (χ2n) is 8.28. The van der Waals surface area contributed by atoms with Crippen LogP contribution in [0.5, 0.6) is 0 Å². The molecule has 1 N–H and O–H groups in total. The fourth-order valence-corrected chi connectivity index (χ4v) is 7.82. The van der Waals surface area contributed by atoms with Gasteiger partial charge in [0.15, 0.2) is 9.84 Å². The van der Waals surface area contributed by atoms with Crippen LogP contribution in [0.25, 0.3) is 0 Å². The molecule has 2 fully saturated rings. The van der Waals surface area contributed by atoms with Crippen LogP contribution in [0.2, 0.25) is 0 Å². The van der Waals surface area contributed by atoms with E-state index in [4.69, 9.17) is 0 Å². The maximum Gasteiger partial charge on any atom is 0.416 e. The highest BCUT2D eigenvalue weighted by Gasteiger charge is 2.48. The first-order chi connectivity index (χ1) is 16.3. The quantitative estimate of drug-likeness (QED) is 0.609. The monoisotopic (exact) mass is 535 g/mol. The number of anilines is 1. The number of sulfone groups is 1. The molecule has 4 rings (SSSR count). The minimum atomic E-state index is -4.60. The van der Waals surface area contributed by atoms with Crippen LogP contribution in [-0.2, 0) is 26.0 Å². The third-order valence-electron chi connectivity index (χ3n) is 6.12. The maximum atomic E-state index is 13.2. The molecule has 0 bridgehead atoms. The molecule has 0 aliphatic carbocycles. The predicted molar refractivity (Wildman–Crippen MR) is 118 cm³/mol. The Hall–Kier alpha value is -2.71. The zero-order valence-corrected chi connectivity index (χ0v) is 19.7. The largest absolute Gasteiger partial charge is 0.416 e. The van der Waals surface area contributed by atoms with Gasteiger partial charge in [0, 0.05) is 25.3 Å². The zero-order valence-electron chi connectivity index (χ0n) is 18.1. The smallest absolute Gasteiger partial charge is 0.319 e. The van der Waals surface area contributed by atoms with Gasteiger partial charge in [-0.15, -0.1) is 0 Å². The Morgan fingerprint density at radius 1 is 1.06 bits per heavy atom. The van der Waals surface area contributed by atoms with Crippen LogP contribution < -0.4 is 5.32 Å². The topological polar surface area (TPSA) is 104 Å². The molecule has 2 unspecified atom stereocenters. The van der Waals surface area contributed by atoms with Crippen molar-refractivity contribution in [3.05, 3.63) is 59.9 Å². The Kier molecular flexibility index (Phi) is 6.57. The van der Waals surface area contributed by atoms with Crippen molar-refractivity contribution < 1.29 is 39.2 Å². The minimum absolute atomic E-state index is 0.000330. The van der Waals surface area contributed by atoms with Crippen molar-refractivity contribution >= 4 is 31.6 Å². The SMILES string of the molecule is O=C(Nc1cccc(C(F)(F)F)c1)N1CCS(=O)(=O)C2CN(S(=O)(=O)c3ccc(F)cc3)CCC21. The summed E-state index contributed by atoms with van der Waals surface area (Å²) in [5, 5.41) is 1.17. The molecule has 0 spiro atoms. The van der Waals surface area contributed by atoms with Crippen LogP contribution in [0.15, 0.2) is 53.4 Å². The molecule has 2 aromatic rings. The third-order valence-corrected chi connectivity index (χ3v) is 10.1. The van der Waals surface area contributed by atoms with E-state index >= 15 is 0 Å². The van der Waals surface area contributed by atoms with Gasteiger partial charge in [0.2, 0.25) is 10.0 Å². The average molecular weight is 536 g/mol. The lowest BCUT2D eigenvalue weighted by atomic mass is 10.0. The van der Waals surface area contributed by atoms with Crippen molar-refractivity contribution in [1.82, 2.24) is 9.21 Å². The molecule has 2 atom stereocenters. The summed E-state index contributed by atoms with van der Waals surface area (Å²) in [6, 6.07) is 6.55. The van der Waals surface area contributed by atoms with E-state index in [9.17, 15) is 39.2 Å². The van der Waals surface area contributed by atoms with Gasteiger partial charge in [-0.1, -0.05) is 6.07 Å². The van der Waals surface area contributed by atoms with E-state index in [2.05, 4.69) is 5.32 Å². The molecule has 2 saturated heterocycles. The van der Waals surface area contributed by atoms with Gasteiger partial charge in [-0.3, -0.25) is 0 Å². The van der Waals surface area contributed by atoms with Gasteiger partial charge in [-0.05, 0) is 48.9 Å². The molecular formula is C21H21F4N3O5S2. The Morgan fingerprint density at radius 2 is 1.74 bits per heavy atom. The number of piperidine rings is 1. The van der Waals surface area contributed by atoms with Crippen LogP contribution in [0, 0.1) is 5.82 Å². The number of halogens is 4. The number of hydrogen-bond donors (Lipinski definition) is 1. The van der Waals surface area contributed by atoms with Gasteiger partial charge in [0.1, 0.15) is 5.82 Å². The zero-order chi connectivity index (χ0) is 25.6. The van der Waals surface area contributed by atoms with E-state index in [0.29, 0.717) is 0 Å². The number of urea groups is 1. The summed E-state index contributed by atoms with van der Waals surface area (Å²) in [6.45, 7) is -0.678. The number of nitrogens with zero attached hydrogens (tertiary/aromatic N) is 2. The summed E-state index contributed by atoms with van der Waals surface area (Å²) < 4.78 is 105. The lowest BCUT2D eigenvalue weighted by molar-refractivity contribution is -0.137. The van der Waals surface area contributed by atoms with Crippen LogP contribution >= 0.6 is 0 Å². The van der Waals surface area contributed by atoms with Crippen molar-refractivity contribution in [3.8, 4) is 0 Å². The van der Waals surface area contributed by atoms with Gasteiger partial charge >= 0.3 is 12.2 Å². The Bertz CT molecular complexity index is 1330. The Morgan fingerprint density at radius 3 is 2.40 bits per heavy atom. The molecule has 2 aliphatic heterocycles. The lowest BCUT2D eigenvalue weighted by Crippen LogP contribution is -2.64. The molecule has 14 heteroatoms. The standard InChI is InChI=1S/C21H21F4N3O5S2/c22-15-4-6-17(7-5-15)35(32,33)27-9-8-18-19(13-27)34(30,31)11-10-28(18)20(29)26-16-3-1-2-14(12-16)21(23,24)25/h1-7,12,18-19H,8-11,13H2,(H,26,29). The summed E-state index contributed by atoms with van der Waals surface area (Å²) in [6.07, 6.45) is -4.60. The number of fused-ring (bicyclic) bond motifs is 1. The minimum Gasteiger partial charge on any atom is -0.319 e. The van der Waals surface area contributed by atoms with E-state index in [0.717, 1.165) is 46.8 Å². The van der Waals surface area contributed by atoms with E-state index < -0.39 is 67.0 Å². The highest BCUT2D eigenvalue weighted by Crippen LogP contribution is 2.33. The van der Waals surface area contributed by atoms with E-state index in [1.807, 2.05) is 0 Å². The predicted octanol–water partition coefficient (Wildman–Crippen LogP) is 2.94. The molecule has 2 aliphatic rings. The van der Waals surface area contributed by atoms with E-state index in [1.165, 1.54) is 11.0 Å². The molecule has 2 aromatic carbocycles. The molecule has 0 radical (unpaired) electrons. The van der Waals surface area contributed by atoms with Gasteiger partial charge in [-0.2, -0.15) is 17.5 Å². The fraction of sp³-hybridized carbons (Fsp3) is 0.381. The molecular weight excluding hydrogens is 514 g/mol. The first-order valence-corrected chi connectivity index (χ1v) is 13.7. The Labute approximate surface area is 199 Å². The van der Waals surface area contributed by atoms with Crippen LogP contribution in [0.4, 0.5) is 28.0 Å². The molecule has 2 amide bonds. The molecule has 8 nitrogen and oxygen atoms in total. The normalized spacial score (nSPS) is 22.9. The molecule has 2 heterocycles. The number of hydrogen-bond acceptors (Lipinski definition) is 5. The van der Waals surface area contributed by atoms with Crippen molar-refractivity contribution in [2.75, 3.05) is 30.7 Å². The maximum absolute atomic E-state index is 13.2. The number of nitrogens with one attached hydrogen (secondary N) is 1. The van der Waals surface area contributed by atoms with Crippen molar-refractivity contribution in [2.45, 2.75) is 28.8 Å². The number of amides is 2. The van der Waals surface area contributed by atoms with Gasteiger partial charge < -0.3 is 10.2 Å². The third kappa shape index (κ3) is 5.14. The van der Waals surface area contributed by atoms with Crippen molar-refractivity contribution in [1.29, 1.82) is 0 Å². The summed E-state index contributed by atoms with van der Waals surface area (Å²) >= 11 is 0. The number of alkyl halides is 3. The summed E-state index contributed by atoms with van der Waals surface area (Å²) in [5.74, 6) is -1.05. The van der Waals surface area contributed by atoms with Gasteiger partial charge in [-0.25, -0.2) is 26.0 Å². The summed E-state index contributed by atoms with van der Waals surface area (Å²) in [7, 11) is -7.88. The van der Waals surface area contributed by atoms with Crippen LogP contribution in [0.1, 0.15) is 12.0 Å². The second-order valence-corrected chi connectivity index (χ2v) is 12.6. The highest BCUT2D eigenvalue weighted by molar-refractivity contribution is 7.92. The number of carbonyl (C=O) groups is 1. The van der Waals surface area contributed by atoms with Crippen molar-refractivity contribution in [2.24, 2.45) is 0 Å². The van der Waals surface area contributed by atoms with Crippen molar-refractivity contribution in [3.63, 3.8) is 0 Å². The van der Waals surface area contributed by atoms with Gasteiger partial charge in [0.25, 0.3) is 0 Å². The van der Waals surface area contributed by atoms with Crippen LogP contribution in [-0.4, -0.2) is 68.8 Å². The number of carbonyl (C=O) groups excluding carboxylic acids is 1. The summed E-state index contributed by atoms with van der Waals surface area (Å²) in [4.78, 5) is 13.9. The Balaban J connectivity index is 1.54. The lowest BCUT2D eigenvalue weighted by Gasteiger charge is -2.45. The number of rotatable bonds is 3. The molecule has 0 aromatic heterocycles. The molecule has 35 heavy (non-hydrogen) atoms. The highest BCUT2D eigenvalue weighted by atomic mass is 32.2. The second kappa shape index (κ2) is 9.06. The number of sulfonamides is 1. The molecule has 190 valence electrons. The first-order valence-electron chi connectivity index (χ1n) is 10.5. The fourth-order valence-electron chi connectivity index (χ4n) is 4.32. The van der Waals surface area contributed by atoms with Gasteiger partial charge in [0.05, 0.1) is 27.5 Å². The summed E-state index contributed by atoms with van der Waals surface area (Å²) in [5.41, 5.74) is -1.06. The first kappa shape index (κ1) is 25.4. The number of benzene rings is 2. The van der Waals surface area contributed by atoms with E-state index in [1.54, 1.807) is 0 Å². The molecule has 0 saturated carbocycles. The average Bonchev–Trinajstić information content (AvgIpc) is 2.79. The van der Waals surface area contributed by atoms with E-state index in [-0.39, 0.29) is 30.1 Å². The van der Waals surface area contributed by atoms with Crippen LogP contribution in [0.3, 0.4) is 0 Å².